The summed E-state index contributed by atoms with van der Waals surface area (Å²) < 4.78 is 16.0. The smallest absolute Gasteiger partial charge is 0.160 e. The van der Waals surface area contributed by atoms with Gasteiger partial charge in [-0.1, -0.05) is 109 Å². The molecule has 7 aromatic carbocycles. The summed E-state index contributed by atoms with van der Waals surface area (Å²) in [4.78, 5) is 2.38. The highest BCUT2D eigenvalue weighted by Gasteiger charge is 2.30. The molecule has 0 radical (unpaired) electrons. The van der Waals surface area contributed by atoms with E-state index in [1.165, 1.54) is 32.6 Å². The highest BCUT2D eigenvalue weighted by molar-refractivity contribution is 6.23. The third-order valence-electron chi connectivity index (χ3n) is 10.4. The quantitative estimate of drug-likeness (QED) is 0.192. The van der Waals surface area contributed by atoms with Crippen LogP contribution in [0.3, 0.4) is 0 Å². The minimum atomic E-state index is 0.859. The Balaban J connectivity index is 1.26. The Labute approximate surface area is 287 Å². The summed E-state index contributed by atoms with van der Waals surface area (Å²) in [5.41, 5.74) is 10.4. The molecule has 236 valence electrons. The lowest BCUT2D eigenvalue weighted by atomic mass is 9.96. The van der Waals surface area contributed by atoms with Gasteiger partial charge in [0.05, 0.1) is 22.4 Å². The second kappa shape index (κ2) is 10.5. The number of benzene rings is 7. The summed E-state index contributed by atoms with van der Waals surface area (Å²) in [5.74, 6) is 0.915. The van der Waals surface area contributed by atoms with Crippen LogP contribution in [0.2, 0.25) is 0 Å². The third kappa shape index (κ3) is 3.87. The molecule has 4 heteroatoms. The Kier molecular flexibility index (Phi) is 5.75. The molecule has 50 heavy (non-hydrogen) atoms. The number of allylic oxidation sites excluding steroid dienone is 1. The molecule has 10 aromatic rings. The van der Waals surface area contributed by atoms with Crippen molar-refractivity contribution in [3.8, 4) is 5.69 Å². The minimum absolute atomic E-state index is 0.859. The summed E-state index contributed by atoms with van der Waals surface area (Å²) in [5, 5.41) is 8.20. The van der Waals surface area contributed by atoms with Crippen LogP contribution >= 0.6 is 0 Å². The summed E-state index contributed by atoms with van der Waals surface area (Å²) in [6, 6.07) is 53.9. The van der Waals surface area contributed by atoms with Gasteiger partial charge in [0.15, 0.2) is 11.3 Å². The van der Waals surface area contributed by atoms with Crippen molar-refractivity contribution in [2.75, 3.05) is 4.90 Å². The molecule has 0 fully saturated rings. The lowest BCUT2D eigenvalue weighted by Gasteiger charge is -2.29. The van der Waals surface area contributed by atoms with Gasteiger partial charge in [-0.25, -0.2) is 0 Å². The summed E-state index contributed by atoms with van der Waals surface area (Å²) in [6.07, 6.45) is 4.18. The summed E-state index contributed by atoms with van der Waals surface area (Å²) in [6.45, 7) is 0. The van der Waals surface area contributed by atoms with Crippen molar-refractivity contribution in [1.82, 2.24) is 4.57 Å². The minimum Gasteiger partial charge on any atom is -0.454 e. The van der Waals surface area contributed by atoms with Crippen LogP contribution in [-0.2, 0) is 6.42 Å². The molecule has 4 nitrogen and oxygen atoms in total. The van der Waals surface area contributed by atoms with Gasteiger partial charge in [-0.15, -0.1) is 0 Å². The van der Waals surface area contributed by atoms with Crippen molar-refractivity contribution >= 4 is 82.6 Å². The number of aryl methyl sites for hydroxylation is 1. The monoisotopic (exact) mass is 642 g/mol. The van der Waals surface area contributed by atoms with Crippen LogP contribution in [0.5, 0.6) is 0 Å². The molecule has 0 unspecified atom stereocenters. The number of hydrogen-bond donors (Lipinski definition) is 0. The van der Waals surface area contributed by atoms with Gasteiger partial charge in [0.25, 0.3) is 0 Å². The molecule has 0 atom stereocenters. The van der Waals surface area contributed by atoms with Crippen molar-refractivity contribution in [3.63, 3.8) is 0 Å². The maximum Gasteiger partial charge on any atom is 0.160 e. The van der Waals surface area contributed by atoms with E-state index in [1.807, 2.05) is 6.07 Å². The van der Waals surface area contributed by atoms with E-state index < -0.39 is 0 Å². The molecule has 0 bridgehead atoms. The van der Waals surface area contributed by atoms with Gasteiger partial charge in [-0.3, -0.25) is 0 Å². The first-order valence-electron chi connectivity index (χ1n) is 17.2. The van der Waals surface area contributed by atoms with Crippen LogP contribution < -0.4 is 4.90 Å². The SMILES string of the molecule is C1=C(N(c2ccc3c4ccccc4n(-c4ccccc4)c3c2)c2cc3ccccc3c3c2oc2ccccc23)c2oc3ccccc3c2CC1. The zero-order chi connectivity index (χ0) is 32.8. The van der Waals surface area contributed by atoms with Crippen LogP contribution in [-0.4, -0.2) is 4.57 Å². The fourth-order valence-electron chi connectivity index (χ4n) is 8.28. The Bertz CT molecular complexity index is 2990. The van der Waals surface area contributed by atoms with Crippen molar-refractivity contribution in [1.29, 1.82) is 0 Å². The molecular formula is C46H30N2O2. The fraction of sp³-hybridized carbons (Fsp3) is 0.0435. The number of fused-ring (bicyclic) bond motifs is 11. The molecule has 1 aliphatic carbocycles. The van der Waals surface area contributed by atoms with Crippen LogP contribution in [0.4, 0.5) is 11.4 Å². The highest BCUT2D eigenvalue weighted by Crippen LogP contribution is 2.48. The molecular weight excluding hydrogens is 613 g/mol. The van der Waals surface area contributed by atoms with Crippen molar-refractivity contribution in [2.45, 2.75) is 12.8 Å². The number of anilines is 2. The van der Waals surface area contributed by atoms with Crippen molar-refractivity contribution < 1.29 is 8.83 Å². The Morgan fingerprint density at radius 2 is 1.22 bits per heavy atom. The molecule has 3 heterocycles. The van der Waals surface area contributed by atoms with E-state index in [9.17, 15) is 0 Å². The molecule has 1 aliphatic rings. The van der Waals surface area contributed by atoms with Crippen LogP contribution in [0, 0.1) is 0 Å². The zero-order valence-electron chi connectivity index (χ0n) is 27.1. The molecule has 3 aromatic heterocycles. The Morgan fingerprint density at radius 1 is 0.540 bits per heavy atom. The van der Waals surface area contributed by atoms with Gasteiger partial charge in [-0.05, 0) is 72.1 Å². The number of para-hydroxylation sites is 4. The van der Waals surface area contributed by atoms with E-state index in [2.05, 4.69) is 161 Å². The molecule has 0 aliphatic heterocycles. The molecule has 0 saturated carbocycles. The average Bonchev–Trinajstić information content (AvgIpc) is 3.86. The van der Waals surface area contributed by atoms with E-state index in [4.69, 9.17) is 8.83 Å². The first-order chi connectivity index (χ1) is 24.8. The lowest BCUT2D eigenvalue weighted by molar-refractivity contribution is 0.588. The van der Waals surface area contributed by atoms with Crippen LogP contribution in [0.1, 0.15) is 17.7 Å². The topological polar surface area (TPSA) is 34.5 Å². The zero-order valence-corrected chi connectivity index (χ0v) is 27.1. The number of hydrogen-bond acceptors (Lipinski definition) is 3. The first-order valence-corrected chi connectivity index (χ1v) is 17.2. The number of aromatic nitrogens is 1. The van der Waals surface area contributed by atoms with E-state index in [-0.39, 0.29) is 0 Å². The standard InChI is InChI=1S/C46H30N2O2/c1-2-14-30(15-3-1)47-38-21-9-6-17-33(38)34-26-25-31(28-40(34)47)48(39-22-12-20-36-35-18-7-10-23-42(35)49-45(36)39)41-27-29-13-4-5-16-32(29)44-37-19-8-11-24-43(37)50-46(41)44/h1-11,13-19,21-28H,12,20H2. The van der Waals surface area contributed by atoms with E-state index in [0.717, 1.165) is 79.8 Å². The molecule has 0 amide bonds. The van der Waals surface area contributed by atoms with Gasteiger partial charge in [0, 0.05) is 43.9 Å². The number of nitrogens with zero attached hydrogens (tertiary/aromatic N) is 2. The van der Waals surface area contributed by atoms with Gasteiger partial charge >= 0.3 is 0 Å². The first kappa shape index (κ1) is 27.4. The molecule has 0 N–H and O–H groups in total. The lowest BCUT2D eigenvalue weighted by Crippen LogP contribution is -2.18. The Morgan fingerprint density at radius 3 is 2.08 bits per heavy atom. The van der Waals surface area contributed by atoms with E-state index in [0.29, 0.717) is 0 Å². The normalized spacial score (nSPS) is 13.2. The van der Waals surface area contributed by atoms with Crippen molar-refractivity contribution in [2.24, 2.45) is 0 Å². The van der Waals surface area contributed by atoms with Gasteiger partial charge in [0.1, 0.15) is 11.2 Å². The maximum atomic E-state index is 6.86. The molecule has 0 spiro atoms. The summed E-state index contributed by atoms with van der Waals surface area (Å²) >= 11 is 0. The van der Waals surface area contributed by atoms with Crippen LogP contribution in [0.15, 0.2) is 167 Å². The molecule has 11 rings (SSSR count). The highest BCUT2D eigenvalue weighted by atomic mass is 16.3. The van der Waals surface area contributed by atoms with Gasteiger partial charge in [-0.2, -0.15) is 0 Å². The number of furan rings is 2. The Hall–Kier alpha value is -6.52. The fourth-order valence-corrected chi connectivity index (χ4v) is 8.28. The summed E-state index contributed by atoms with van der Waals surface area (Å²) in [7, 11) is 0. The number of rotatable bonds is 4. The van der Waals surface area contributed by atoms with Crippen LogP contribution in [0.25, 0.3) is 76.9 Å². The predicted molar refractivity (Wildman–Crippen MR) is 207 cm³/mol. The van der Waals surface area contributed by atoms with Gasteiger partial charge in [0.2, 0.25) is 0 Å². The largest absolute Gasteiger partial charge is 0.454 e. The predicted octanol–water partition coefficient (Wildman–Crippen LogP) is 12.7. The van der Waals surface area contributed by atoms with E-state index in [1.54, 1.807) is 0 Å². The molecule has 0 saturated heterocycles. The second-order valence-electron chi connectivity index (χ2n) is 13.2. The van der Waals surface area contributed by atoms with Gasteiger partial charge < -0.3 is 18.3 Å². The second-order valence-corrected chi connectivity index (χ2v) is 13.2. The maximum absolute atomic E-state index is 6.86. The van der Waals surface area contributed by atoms with Crippen molar-refractivity contribution in [3.05, 3.63) is 169 Å². The van der Waals surface area contributed by atoms with E-state index >= 15 is 0 Å². The average molecular weight is 643 g/mol. The third-order valence-corrected chi connectivity index (χ3v) is 10.4.